The summed E-state index contributed by atoms with van der Waals surface area (Å²) in [4.78, 5) is 11.8. The molecule has 0 saturated carbocycles. The number of fused-ring (bicyclic) bond motifs is 1. The smallest absolute Gasteiger partial charge is 0.340 e. The predicted octanol–water partition coefficient (Wildman–Crippen LogP) is 5.12. The Bertz CT molecular complexity index is 882. The monoisotopic (exact) mass is 424 g/mol. The van der Waals surface area contributed by atoms with Crippen LogP contribution >= 0.6 is 31.9 Å². The van der Waals surface area contributed by atoms with Crippen LogP contribution in [0.1, 0.15) is 0 Å². The standard InChI is InChI=1S/C16H10Br2O4/c1-20-12-7-2-4-9-13(8-14(19)22-15(9)12)21-16-10(17)5-3-6-11(16)18/h2-8H,1H3. The van der Waals surface area contributed by atoms with E-state index in [2.05, 4.69) is 31.9 Å². The van der Waals surface area contributed by atoms with Crippen molar-refractivity contribution in [3.05, 3.63) is 61.8 Å². The Kier molecular flexibility index (Phi) is 4.22. The molecule has 0 spiro atoms. The van der Waals surface area contributed by atoms with Gasteiger partial charge in [0.25, 0.3) is 0 Å². The van der Waals surface area contributed by atoms with Gasteiger partial charge < -0.3 is 13.9 Å². The zero-order valence-corrected chi connectivity index (χ0v) is 14.6. The van der Waals surface area contributed by atoms with Gasteiger partial charge in [-0.3, -0.25) is 0 Å². The molecule has 0 bridgehead atoms. The summed E-state index contributed by atoms with van der Waals surface area (Å²) in [6.45, 7) is 0. The quantitative estimate of drug-likeness (QED) is 0.546. The van der Waals surface area contributed by atoms with Gasteiger partial charge in [-0.2, -0.15) is 0 Å². The van der Waals surface area contributed by atoms with Crippen molar-refractivity contribution in [2.45, 2.75) is 0 Å². The zero-order valence-electron chi connectivity index (χ0n) is 11.4. The third-order valence-electron chi connectivity index (χ3n) is 3.05. The summed E-state index contributed by atoms with van der Waals surface area (Å²) in [5.41, 5.74) is -0.147. The van der Waals surface area contributed by atoms with E-state index >= 15 is 0 Å². The molecule has 0 aliphatic rings. The third-order valence-corrected chi connectivity index (χ3v) is 4.30. The summed E-state index contributed by atoms with van der Waals surface area (Å²) in [6.07, 6.45) is 0. The highest BCUT2D eigenvalue weighted by atomic mass is 79.9. The molecule has 0 saturated heterocycles. The minimum Gasteiger partial charge on any atom is -0.493 e. The van der Waals surface area contributed by atoms with Crippen LogP contribution in [0.4, 0.5) is 0 Å². The van der Waals surface area contributed by atoms with Gasteiger partial charge in [0, 0.05) is 0 Å². The van der Waals surface area contributed by atoms with E-state index in [1.54, 1.807) is 12.1 Å². The first-order valence-electron chi connectivity index (χ1n) is 6.33. The lowest BCUT2D eigenvalue weighted by Crippen LogP contribution is -2.00. The molecule has 112 valence electrons. The van der Waals surface area contributed by atoms with Crippen molar-refractivity contribution in [1.29, 1.82) is 0 Å². The van der Waals surface area contributed by atoms with Crippen LogP contribution in [0.15, 0.2) is 60.6 Å². The molecule has 0 atom stereocenters. The second-order valence-electron chi connectivity index (χ2n) is 4.42. The van der Waals surface area contributed by atoms with E-state index in [4.69, 9.17) is 13.9 Å². The molecule has 1 aromatic heterocycles. The average molecular weight is 426 g/mol. The Balaban J connectivity index is 2.21. The van der Waals surface area contributed by atoms with Crippen molar-refractivity contribution >= 4 is 42.8 Å². The van der Waals surface area contributed by atoms with Gasteiger partial charge in [0.15, 0.2) is 17.1 Å². The van der Waals surface area contributed by atoms with Crippen molar-refractivity contribution < 1.29 is 13.9 Å². The number of halogens is 2. The van der Waals surface area contributed by atoms with Crippen LogP contribution in [0.25, 0.3) is 11.0 Å². The normalized spacial score (nSPS) is 10.7. The number of methoxy groups -OCH3 is 1. The lowest BCUT2D eigenvalue weighted by molar-refractivity contribution is 0.404. The maximum absolute atomic E-state index is 11.8. The van der Waals surface area contributed by atoms with Gasteiger partial charge in [0.05, 0.1) is 27.5 Å². The highest BCUT2D eigenvalue weighted by Gasteiger charge is 2.14. The Hall–Kier alpha value is -1.79. The molecule has 22 heavy (non-hydrogen) atoms. The highest BCUT2D eigenvalue weighted by molar-refractivity contribution is 9.11. The van der Waals surface area contributed by atoms with Crippen LogP contribution in [0.5, 0.6) is 17.2 Å². The second kappa shape index (κ2) is 6.14. The lowest BCUT2D eigenvalue weighted by Gasteiger charge is -2.12. The molecule has 6 heteroatoms. The molecule has 0 fully saturated rings. The van der Waals surface area contributed by atoms with Crippen molar-refractivity contribution in [1.82, 2.24) is 0 Å². The van der Waals surface area contributed by atoms with E-state index in [-0.39, 0.29) is 0 Å². The molecule has 0 unspecified atom stereocenters. The van der Waals surface area contributed by atoms with Crippen LogP contribution in [0.2, 0.25) is 0 Å². The second-order valence-corrected chi connectivity index (χ2v) is 6.13. The topological polar surface area (TPSA) is 48.7 Å². The largest absolute Gasteiger partial charge is 0.493 e. The van der Waals surface area contributed by atoms with Gasteiger partial charge in [0.2, 0.25) is 0 Å². The zero-order chi connectivity index (χ0) is 15.7. The Labute approximate surface area is 142 Å². The van der Waals surface area contributed by atoms with Gasteiger partial charge >= 0.3 is 5.63 Å². The Morgan fingerprint density at radius 2 is 1.68 bits per heavy atom. The molecule has 0 amide bonds. The van der Waals surface area contributed by atoms with Crippen molar-refractivity contribution in [3.63, 3.8) is 0 Å². The molecule has 4 nitrogen and oxygen atoms in total. The summed E-state index contributed by atoms with van der Waals surface area (Å²) in [7, 11) is 1.52. The number of ether oxygens (including phenoxy) is 2. The van der Waals surface area contributed by atoms with Gasteiger partial charge in [-0.1, -0.05) is 12.1 Å². The van der Waals surface area contributed by atoms with Gasteiger partial charge in [-0.25, -0.2) is 4.79 Å². The number of rotatable bonds is 3. The molecule has 2 aromatic carbocycles. The van der Waals surface area contributed by atoms with Crippen molar-refractivity contribution in [3.8, 4) is 17.2 Å². The van der Waals surface area contributed by atoms with Crippen LogP contribution in [0.3, 0.4) is 0 Å². The van der Waals surface area contributed by atoms with Crippen LogP contribution < -0.4 is 15.1 Å². The molecule has 0 aliphatic carbocycles. The van der Waals surface area contributed by atoms with E-state index in [9.17, 15) is 4.79 Å². The van der Waals surface area contributed by atoms with E-state index < -0.39 is 5.63 Å². The minimum absolute atomic E-state index is 0.357. The molecule has 3 rings (SSSR count). The maximum atomic E-state index is 11.8. The summed E-state index contributed by atoms with van der Waals surface area (Å²) in [5.74, 6) is 1.46. The fraction of sp³-hybridized carbons (Fsp3) is 0.0625. The third kappa shape index (κ3) is 2.76. The number of hydrogen-bond acceptors (Lipinski definition) is 4. The van der Waals surface area contributed by atoms with Crippen LogP contribution in [0, 0.1) is 0 Å². The minimum atomic E-state index is -0.504. The number of benzene rings is 2. The fourth-order valence-electron chi connectivity index (χ4n) is 2.07. The van der Waals surface area contributed by atoms with Gasteiger partial charge in [-0.15, -0.1) is 0 Å². The van der Waals surface area contributed by atoms with E-state index in [1.807, 2.05) is 24.3 Å². The Morgan fingerprint density at radius 1 is 1.00 bits per heavy atom. The molecule has 0 radical (unpaired) electrons. The number of para-hydroxylation sites is 2. The molecule has 1 heterocycles. The summed E-state index contributed by atoms with van der Waals surface area (Å²) in [5, 5.41) is 0.654. The predicted molar refractivity (Wildman–Crippen MR) is 91.0 cm³/mol. The van der Waals surface area contributed by atoms with Crippen molar-refractivity contribution in [2.24, 2.45) is 0 Å². The molecule has 0 N–H and O–H groups in total. The molecular weight excluding hydrogens is 416 g/mol. The maximum Gasteiger partial charge on any atom is 0.340 e. The summed E-state index contributed by atoms with van der Waals surface area (Å²) >= 11 is 6.87. The summed E-state index contributed by atoms with van der Waals surface area (Å²) < 4.78 is 17.9. The van der Waals surface area contributed by atoms with Gasteiger partial charge in [-0.05, 0) is 56.1 Å². The average Bonchev–Trinajstić information content (AvgIpc) is 2.50. The van der Waals surface area contributed by atoms with E-state index in [0.717, 1.165) is 8.95 Å². The first-order chi connectivity index (χ1) is 10.6. The van der Waals surface area contributed by atoms with Crippen LogP contribution in [-0.2, 0) is 0 Å². The number of hydrogen-bond donors (Lipinski definition) is 0. The lowest BCUT2D eigenvalue weighted by atomic mass is 10.2. The van der Waals surface area contributed by atoms with Crippen LogP contribution in [-0.4, -0.2) is 7.11 Å². The SMILES string of the molecule is COc1cccc2c(Oc3c(Br)cccc3Br)cc(=O)oc12. The molecular formula is C16H10Br2O4. The highest BCUT2D eigenvalue weighted by Crippen LogP contribution is 2.39. The first kappa shape index (κ1) is 15.1. The molecule has 3 aromatic rings. The first-order valence-corrected chi connectivity index (χ1v) is 7.91. The fourth-order valence-corrected chi connectivity index (χ4v) is 3.23. The summed E-state index contributed by atoms with van der Waals surface area (Å²) in [6, 6.07) is 12.2. The van der Waals surface area contributed by atoms with Crippen molar-refractivity contribution in [2.75, 3.05) is 7.11 Å². The van der Waals surface area contributed by atoms with Gasteiger partial charge in [0.1, 0.15) is 5.75 Å². The van der Waals surface area contributed by atoms with E-state index in [0.29, 0.717) is 28.2 Å². The molecule has 0 aliphatic heterocycles. The Morgan fingerprint density at radius 3 is 2.36 bits per heavy atom. The van der Waals surface area contributed by atoms with E-state index in [1.165, 1.54) is 13.2 Å².